The molecule has 3 nitrogen and oxygen atoms in total. The van der Waals surface area contributed by atoms with Gasteiger partial charge in [0.1, 0.15) is 4.99 Å². The van der Waals surface area contributed by atoms with Crippen LogP contribution < -0.4 is 11.1 Å². The lowest BCUT2D eigenvalue weighted by atomic mass is 10.1. The fraction of sp³-hybridized carbons (Fsp3) is 0. The zero-order valence-corrected chi connectivity index (χ0v) is 12.6. The van der Waals surface area contributed by atoms with Gasteiger partial charge < -0.3 is 11.1 Å². The molecule has 0 aliphatic rings. The van der Waals surface area contributed by atoms with Crippen molar-refractivity contribution in [2.45, 2.75) is 0 Å². The number of rotatable bonds is 3. The molecule has 3 aromatic rings. The van der Waals surface area contributed by atoms with Crippen molar-refractivity contribution in [2.24, 2.45) is 5.73 Å². The molecule has 0 spiro atoms. The number of carbonyl (C=O) groups is 1. The number of hydrogen-bond acceptors (Lipinski definition) is 3. The van der Waals surface area contributed by atoms with Gasteiger partial charge in [-0.15, -0.1) is 11.3 Å². The number of amides is 1. The predicted octanol–water partition coefficient (Wildman–Crippen LogP) is 3.79. The van der Waals surface area contributed by atoms with Crippen molar-refractivity contribution in [2.75, 3.05) is 5.32 Å². The molecule has 21 heavy (non-hydrogen) atoms. The van der Waals surface area contributed by atoms with Gasteiger partial charge >= 0.3 is 0 Å². The fourth-order valence-electron chi connectivity index (χ4n) is 2.08. The molecule has 0 bridgehead atoms. The molecule has 1 heterocycles. The summed E-state index contributed by atoms with van der Waals surface area (Å²) in [5.74, 6) is -0.153. The SMILES string of the molecule is NC(=S)c1ccccc1NC(=O)c1cc2ccccc2s1. The summed E-state index contributed by atoms with van der Waals surface area (Å²) in [5, 5.41) is 3.94. The molecule has 0 aliphatic carbocycles. The molecule has 0 aliphatic heterocycles. The van der Waals surface area contributed by atoms with E-state index in [4.69, 9.17) is 18.0 Å². The highest BCUT2D eigenvalue weighted by Gasteiger charge is 2.12. The average Bonchev–Trinajstić information content (AvgIpc) is 2.91. The first-order chi connectivity index (χ1) is 10.1. The van der Waals surface area contributed by atoms with Crippen LogP contribution in [0.1, 0.15) is 15.2 Å². The predicted molar refractivity (Wildman–Crippen MR) is 92.1 cm³/mol. The van der Waals surface area contributed by atoms with E-state index in [1.54, 1.807) is 12.1 Å². The summed E-state index contributed by atoms with van der Waals surface area (Å²) in [5.41, 5.74) is 6.97. The van der Waals surface area contributed by atoms with Gasteiger partial charge in [0.05, 0.1) is 10.6 Å². The smallest absolute Gasteiger partial charge is 0.265 e. The Bertz CT molecular complexity index is 806. The van der Waals surface area contributed by atoms with Crippen LogP contribution in [0.15, 0.2) is 54.6 Å². The number of hydrogen-bond donors (Lipinski definition) is 2. The highest BCUT2D eigenvalue weighted by atomic mass is 32.1. The van der Waals surface area contributed by atoms with E-state index in [0.717, 1.165) is 10.1 Å². The van der Waals surface area contributed by atoms with Crippen LogP contribution in [0.3, 0.4) is 0 Å². The van der Waals surface area contributed by atoms with Crippen molar-refractivity contribution >= 4 is 50.2 Å². The number of benzene rings is 2. The van der Waals surface area contributed by atoms with Crippen molar-refractivity contribution in [3.8, 4) is 0 Å². The number of thiophene rings is 1. The second-order valence-electron chi connectivity index (χ2n) is 4.51. The summed E-state index contributed by atoms with van der Waals surface area (Å²) in [6, 6.07) is 17.1. The third-order valence-corrected chi connectivity index (χ3v) is 4.42. The minimum Gasteiger partial charge on any atom is -0.389 e. The van der Waals surface area contributed by atoms with Gasteiger partial charge in [0.15, 0.2) is 0 Å². The Morgan fingerprint density at radius 2 is 1.81 bits per heavy atom. The van der Waals surface area contributed by atoms with Crippen LogP contribution in [0.2, 0.25) is 0 Å². The van der Waals surface area contributed by atoms with Gasteiger partial charge in [0.2, 0.25) is 0 Å². The van der Waals surface area contributed by atoms with E-state index in [-0.39, 0.29) is 10.9 Å². The second kappa shape index (κ2) is 5.63. The largest absolute Gasteiger partial charge is 0.389 e. The molecular formula is C16H12N2OS2. The standard InChI is InChI=1S/C16H12N2OS2/c17-15(20)11-6-2-3-7-12(11)18-16(19)14-9-10-5-1-4-8-13(10)21-14/h1-9H,(H2,17,20)(H,18,19). The van der Waals surface area contributed by atoms with E-state index < -0.39 is 0 Å². The molecule has 1 amide bonds. The molecular weight excluding hydrogens is 300 g/mol. The first-order valence-electron chi connectivity index (χ1n) is 6.34. The lowest BCUT2D eigenvalue weighted by Gasteiger charge is -2.08. The highest BCUT2D eigenvalue weighted by molar-refractivity contribution is 7.80. The molecule has 3 N–H and O–H groups in total. The molecule has 2 aromatic carbocycles. The monoisotopic (exact) mass is 312 g/mol. The van der Waals surface area contributed by atoms with Gasteiger partial charge in [0.25, 0.3) is 5.91 Å². The van der Waals surface area contributed by atoms with E-state index in [1.165, 1.54) is 11.3 Å². The van der Waals surface area contributed by atoms with Crippen molar-refractivity contribution in [3.05, 3.63) is 65.0 Å². The Morgan fingerprint density at radius 3 is 2.57 bits per heavy atom. The molecule has 0 fully saturated rings. The molecule has 5 heteroatoms. The molecule has 0 radical (unpaired) electrons. The fourth-order valence-corrected chi connectivity index (χ4v) is 3.22. The van der Waals surface area contributed by atoms with Gasteiger partial charge in [-0.05, 0) is 29.7 Å². The van der Waals surface area contributed by atoms with Crippen LogP contribution in [-0.4, -0.2) is 10.9 Å². The molecule has 104 valence electrons. The van der Waals surface area contributed by atoms with Gasteiger partial charge in [-0.2, -0.15) is 0 Å². The number of carbonyl (C=O) groups excluding carboxylic acids is 1. The van der Waals surface area contributed by atoms with Gasteiger partial charge in [0, 0.05) is 10.3 Å². The minimum absolute atomic E-state index is 0.153. The summed E-state index contributed by atoms with van der Waals surface area (Å²) < 4.78 is 1.09. The van der Waals surface area contributed by atoms with Crippen LogP contribution in [0, 0.1) is 0 Å². The summed E-state index contributed by atoms with van der Waals surface area (Å²) in [7, 11) is 0. The minimum atomic E-state index is -0.153. The van der Waals surface area contributed by atoms with Gasteiger partial charge in [-0.1, -0.05) is 42.5 Å². The lowest BCUT2D eigenvalue weighted by molar-refractivity contribution is 0.103. The van der Waals surface area contributed by atoms with E-state index in [2.05, 4.69) is 5.32 Å². The number of anilines is 1. The molecule has 0 saturated carbocycles. The average molecular weight is 312 g/mol. The van der Waals surface area contributed by atoms with Crippen LogP contribution in [0.4, 0.5) is 5.69 Å². The summed E-state index contributed by atoms with van der Waals surface area (Å²) >= 11 is 6.46. The first kappa shape index (κ1) is 13.7. The van der Waals surface area contributed by atoms with Crippen LogP contribution in [0.5, 0.6) is 0 Å². The van der Waals surface area contributed by atoms with Crippen LogP contribution >= 0.6 is 23.6 Å². The molecule has 0 saturated heterocycles. The maximum absolute atomic E-state index is 12.4. The molecule has 0 atom stereocenters. The molecule has 1 aromatic heterocycles. The number of nitrogens with one attached hydrogen (secondary N) is 1. The van der Waals surface area contributed by atoms with Gasteiger partial charge in [-0.25, -0.2) is 0 Å². The molecule has 0 unspecified atom stereocenters. The van der Waals surface area contributed by atoms with Crippen molar-refractivity contribution in [1.82, 2.24) is 0 Å². The summed E-state index contributed by atoms with van der Waals surface area (Å²) in [6.45, 7) is 0. The number of nitrogens with two attached hydrogens (primary N) is 1. The number of fused-ring (bicyclic) bond motifs is 1. The van der Waals surface area contributed by atoms with E-state index >= 15 is 0 Å². The normalized spacial score (nSPS) is 10.5. The van der Waals surface area contributed by atoms with Crippen LogP contribution in [0.25, 0.3) is 10.1 Å². The van der Waals surface area contributed by atoms with E-state index in [9.17, 15) is 4.79 Å². The third-order valence-electron chi connectivity index (χ3n) is 3.09. The second-order valence-corrected chi connectivity index (χ2v) is 6.04. The van der Waals surface area contributed by atoms with E-state index in [1.807, 2.05) is 42.5 Å². The number of thiocarbonyl (C=S) groups is 1. The van der Waals surface area contributed by atoms with Crippen LogP contribution in [-0.2, 0) is 0 Å². The maximum atomic E-state index is 12.4. The van der Waals surface area contributed by atoms with Crippen molar-refractivity contribution in [3.63, 3.8) is 0 Å². The molecule has 3 rings (SSSR count). The Morgan fingerprint density at radius 1 is 1.10 bits per heavy atom. The third kappa shape index (κ3) is 2.79. The topological polar surface area (TPSA) is 55.1 Å². The highest BCUT2D eigenvalue weighted by Crippen LogP contribution is 2.26. The van der Waals surface area contributed by atoms with Crippen molar-refractivity contribution < 1.29 is 4.79 Å². The zero-order valence-electron chi connectivity index (χ0n) is 11.0. The van der Waals surface area contributed by atoms with Gasteiger partial charge in [-0.3, -0.25) is 4.79 Å². The Kier molecular flexibility index (Phi) is 3.68. The zero-order chi connectivity index (χ0) is 14.8. The Balaban J connectivity index is 1.91. The number of para-hydroxylation sites is 1. The lowest BCUT2D eigenvalue weighted by Crippen LogP contribution is -2.16. The summed E-state index contributed by atoms with van der Waals surface area (Å²) in [4.78, 5) is 13.3. The summed E-state index contributed by atoms with van der Waals surface area (Å²) in [6.07, 6.45) is 0. The van der Waals surface area contributed by atoms with E-state index in [0.29, 0.717) is 16.1 Å². The Labute approximate surface area is 131 Å². The van der Waals surface area contributed by atoms with Crippen molar-refractivity contribution in [1.29, 1.82) is 0 Å². The quantitative estimate of drug-likeness (QED) is 0.724. The Hall–Kier alpha value is -2.24. The maximum Gasteiger partial charge on any atom is 0.265 e. The first-order valence-corrected chi connectivity index (χ1v) is 7.56.